The molecule has 1 aliphatic carbocycles. The number of amides is 1. The summed E-state index contributed by atoms with van der Waals surface area (Å²) in [4.78, 5) is 13.1. The zero-order valence-electron chi connectivity index (χ0n) is 10.8. The number of nitrogens with two attached hydrogens (primary N) is 1. The van der Waals surface area contributed by atoms with Gasteiger partial charge in [0.2, 0.25) is 0 Å². The average molecular weight is 280 g/mol. The first-order valence-electron chi connectivity index (χ1n) is 6.59. The van der Waals surface area contributed by atoms with Crippen LogP contribution in [0.1, 0.15) is 29.6 Å². The molecule has 0 spiro atoms. The maximum Gasteiger partial charge on any atom is 0.251 e. The highest BCUT2D eigenvalue weighted by molar-refractivity contribution is 7.99. The third-order valence-electron chi connectivity index (χ3n) is 3.28. The first-order valence-corrected chi connectivity index (χ1v) is 7.58. The van der Waals surface area contributed by atoms with Gasteiger partial charge in [0.05, 0.1) is 6.61 Å². The van der Waals surface area contributed by atoms with E-state index in [4.69, 9.17) is 10.8 Å². The Bertz CT molecular complexity index is 422. The molecule has 1 saturated carbocycles. The van der Waals surface area contributed by atoms with Gasteiger partial charge in [-0.1, -0.05) is 0 Å². The highest BCUT2D eigenvalue weighted by Gasteiger charge is 2.23. The summed E-state index contributed by atoms with van der Waals surface area (Å²) < 4.78 is 0. The molecule has 2 atom stereocenters. The number of hydrogen-bond acceptors (Lipinski definition) is 4. The lowest BCUT2D eigenvalue weighted by Gasteiger charge is -2.12. The predicted molar refractivity (Wildman–Crippen MR) is 77.3 cm³/mol. The Balaban J connectivity index is 1.88. The normalized spacial score (nSPS) is 22.4. The van der Waals surface area contributed by atoms with Gasteiger partial charge in [0.15, 0.2) is 0 Å². The molecule has 0 saturated heterocycles. The summed E-state index contributed by atoms with van der Waals surface area (Å²) in [7, 11) is 0. The minimum atomic E-state index is -0.0298. The van der Waals surface area contributed by atoms with Crippen molar-refractivity contribution in [1.82, 2.24) is 5.32 Å². The zero-order chi connectivity index (χ0) is 13.7. The summed E-state index contributed by atoms with van der Waals surface area (Å²) in [5, 5.41) is 11.8. The van der Waals surface area contributed by atoms with Gasteiger partial charge in [0.1, 0.15) is 0 Å². The number of nitrogens with one attached hydrogen (secondary N) is 1. The lowest BCUT2D eigenvalue weighted by molar-refractivity contribution is 0.0937. The Morgan fingerprint density at radius 2 is 2.11 bits per heavy atom. The van der Waals surface area contributed by atoms with Crippen molar-refractivity contribution in [2.45, 2.75) is 36.2 Å². The second-order valence-corrected chi connectivity index (χ2v) is 6.01. The van der Waals surface area contributed by atoms with Crippen LogP contribution in [0.2, 0.25) is 0 Å². The van der Waals surface area contributed by atoms with Crippen LogP contribution in [-0.2, 0) is 0 Å². The van der Waals surface area contributed by atoms with E-state index in [9.17, 15) is 4.79 Å². The van der Waals surface area contributed by atoms with Crippen LogP contribution < -0.4 is 11.1 Å². The quantitative estimate of drug-likeness (QED) is 0.712. The van der Waals surface area contributed by atoms with Crippen LogP contribution >= 0.6 is 11.8 Å². The Hall–Kier alpha value is -1.04. The Morgan fingerprint density at radius 3 is 2.68 bits per heavy atom. The Kier molecular flexibility index (Phi) is 5.24. The molecule has 5 heteroatoms. The molecule has 19 heavy (non-hydrogen) atoms. The standard InChI is InChI=1S/C14H20N2O2S/c15-11-3-4-12(9-11)16-14(18)10-1-5-13(6-2-10)19-8-7-17/h1-2,5-6,11-12,17H,3-4,7-9,15H2,(H,16,18)/t11-,12-/m1/s1. The molecule has 1 aliphatic rings. The largest absolute Gasteiger partial charge is 0.396 e. The van der Waals surface area contributed by atoms with E-state index in [1.54, 1.807) is 11.8 Å². The third-order valence-corrected chi connectivity index (χ3v) is 4.28. The molecule has 104 valence electrons. The molecule has 0 unspecified atom stereocenters. The molecule has 1 fully saturated rings. The Morgan fingerprint density at radius 1 is 1.37 bits per heavy atom. The topological polar surface area (TPSA) is 75.3 Å². The van der Waals surface area contributed by atoms with Crippen LogP contribution in [0.4, 0.5) is 0 Å². The minimum absolute atomic E-state index is 0.0298. The summed E-state index contributed by atoms with van der Waals surface area (Å²) in [5.74, 6) is 0.642. The number of thioether (sulfide) groups is 1. The van der Waals surface area contributed by atoms with E-state index in [-0.39, 0.29) is 24.6 Å². The van der Waals surface area contributed by atoms with Crippen LogP contribution in [0.25, 0.3) is 0 Å². The van der Waals surface area contributed by atoms with E-state index in [1.807, 2.05) is 24.3 Å². The fraction of sp³-hybridized carbons (Fsp3) is 0.500. The molecular formula is C14H20N2O2S. The van der Waals surface area contributed by atoms with Gasteiger partial charge >= 0.3 is 0 Å². The Labute approximate surface area is 117 Å². The molecule has 4 N–H and O–H groups in total. The number of aliphatic hydroxyl groups is 1. The number of rotatable bonds is 5. The molecule has 0 aliphatic heterocycles. The van der Waals surface area contributed by atoms with Crippen molar-refractivity contribution in [1.29, 1.82) is 0 Å². The first-order chi connectivity index (χ1) is 9.19. The van der Waals surface area contributed by atoms with Crippen molar-refractivity contribution in [3.8, 4) is 0 Å². The summed E-state index contributed by atoms with van der Waals surface area (Å²) in [6.45, 7) is 0.162. The smallest absolute Gasteiger partial charge is 0.251 e. The number of hydrogen-bond donors (Lipinski definition) is 3. The second-order valence-electron chi connectivity index (χ2n) is 4.84. The van der Waals surface area contributed by atoms with Crippen LogP contribution in [0.5, 0.6) is 0 Å². The summed E-state index contributed by atoms with van der Waals surface area (Å²) in [6, 6.07) is 7.91. The summed E-state index contributed by atoms with van der Waals surface area (Å²) >= 11 is 1.58. The van der Waals surface area contributed by atoms with Gasteiger partial charge in [-0.05, 0) is 43.5 Å². The van der Waals surface area contributed by atoms with E-state index in [1.165, 1.54) is 0 Å². The van der Waals surface area contributed by atoms with Crippen LogP contribution in [0.3, 0.4) is 0 Å². The van der Waals surface area contributed by atoms with Crippen molar-refractivity contribution in [3.05, 3.63) is 29.8 Å². The molecule has 1 aromatic rings. The number of carbonyl (C=O) groups excluding carboxylic acids is 1. The van der Waals surface area contributed by atoms with Gasteiger partial charge in [-0.15, -0.1) is 11.8 Å². The molecule has 4 nitrogen and oxygen atoms in total. The molecule has 0 heterocycles. The van der Waals surface area contributed by atoms with E-state index < -0.39 is 0 Å². The lowest BCUT2D eigenvalue weighted by atomic mass is 10.2. The maximum absolute atomic E-state index is 12.0. The van der Waals surface area contributed by atoms with Gasteiger partial charge in [0, 0.05) is 28.3 Å². The molecule has 0 aromatic heterocycles. The van der Waals surface area contributed by atoms with Gasteiger partial charge in [-0.2, -0.15) is 0 Å². The fourth-order valence-corrected chi connectivity index (χ4v) is 2.94. The molecule has 1 aromatic carbocycles. The number of aliphatic hydroxyl groups excluding tert-OH is 1. The molecule has 2 rings (SSSR count). The van der Waals surface area contributed by atoms with Crippen molar-refractivity contribution < 1.29 is 9.90 Å². The van der Waals surface area contributed by atoms with Gasteiger partial charge in [0.25, 0.3) is 5.91 Å². The van der Waals surface area contributed by atoms with Crippen molar-refractivity contribution >= 4 is 17.7 Å². The number of carbonyl (C=O) groups is 1. The molecule has 1 amide bonds. The zero-order valence-corrected chi connectivity index (χ0v) is 11.7. The minimum Gasteiger partial charge on any atom is -0.396 e. The van der Waals surface area contributed by atoms with Crippen LogP contribution in [-0.4, -0.2) is 35.5 Å². The molecule has 0 radical (unpaired) electrons. The predicted octanol–water partition coefficient (Wildman–Crippen LogP) is 1.38. The van der Waals surface area contributed by atoms with Crippen LogP contribution in [0, 0.1) is 0 Å². The molecular weight excluding hydrogens is 260 g/mol. The van der Waals surface area contributed by atoms with Crippen LogP contribution in [0.15, 0.2) is 29.2 Å². The third kappa shape index (κ3) is 4.23. The summed E-state index contributed by atoms with van der Waals surface area (Å²) in [6.07, 6.45) is 2.83. The van der Waals surface area contributed by atoms with Gasteiger partial charge in [-0.3, -0.25) is 4.79 Å². The van der Waals surface area contributed by atoms with E-state index in [0.29, 0.717) is 11.3 Å². The highest BCUT2D eigenvalue weighted by Crippen LogP contribution is 2.19. The fourth-order valence-electron chi connectivity index (χ4n) is 2.28. The van der Waals surface area contributed by atoms with E-state index in [0.717, 1.165) is 24.2 Å². The van der Waals surface area contributed by atoms with Crippen molar-refractivity contribution in [3.63, 3.8) is 0 Å². The SMILES string of the molecule is N[C@@H]1CC[C@@H](NC(=O)c2ccc(SCCO)cc2)C1. The maximum atomic E-state index is 12.0. The second kappa shape index (κ2) is 6.93. The van der Waals surface area contributed by atoms with Gasteiger partial charge < -0.3 is 16.2 Å². The first kappa shape index (κ1) is 14.4. The average Bonchev–Trinajstić information content (AvgIpc) is 2.82. The van der Waals surface area contributed by atoms with Gasteiger partial charge in [-0.25, -0.2) is 0 Å². The monoisotopic (exact) mass is 280 g/mol. The molecule has 0 bridgehead atoms. The summed E-state index contributed by atoms with van der Waals surface area (Å²) in [5.41, 5.74) is 6.51. The highest BCUT2D eigenvalue weighted by atomic mass is 32.2. The van der Waals surface area contributed by atoms with Crippen molar-refractivity contribution in [2.75, 3.05) is 12.4 Å². The van der Waals surface area contributed by atoms with E-state index in [2.05, 4.69) is 5.32 Å². The van der Waals surface area contributed by atoms with E-state index >= 15 is 0 Å². The number of benzene rings is 1. The lowest BCUT2D eigenvalue weighted by Crippen LogP contribution is -2.33. The van der Waals surface area contributed by atoms with Crippen molar-refractivity contribution in [2.24, 2.45) is 5.73 Å².